The van der Waals surface area contributed by atoms with Crippen molar-refractivity contribution in [3.63, 3.8) is 0 Å². The highest BCUT2D eigenvalue weighted by Crippen LogP contribution is 2.24. The molecule has 6 nitrogen and oxygen atoms in total. The third-order valence-corrected chi connectivity index (χ3v) is 5.07. The first-order valence-electron chi connectivity index (χ1n) is 5.50. The Morgan fingerprint density at radius 3 is 2.61 bits per heavy atom. The van der Waals surface area contributed by atoms with Crippen molar-refractivity contribution in [2.75, 3.05) is 18.8 Å². The van der Waals surface area contributed by atoms with Gasteiger partial charge in [0.25, 0.3) is 0 Å². The number of hydrogen-bond donors (Lipinski definition) is 2. The zero-order valence-electron chi connectivity index (χ0n) is 9.58. The molecule has 0 atom stereocenters. The molecule has 0 amide bonds. The van der Waals surface area contributed by atoms with Gasteiger partial charge >= 0.3 is 0 Å². The van der Waals surface area contributed by atoms with E-state index >= 15 is 0 Å². The summed E-state index contributed by atoms with van der Waals surface area (Å²) >= 11 is 5.77. The summed E-state index contributed by atoms with van der Waals surface area (Å²) in [6, 6.07) is 1.30. The standard InChI is InChI=1S/C10H14ClN3O3S/c11-9-5-8(6-13-10(9)12)18(16,17)14-3-1-7(15)2-4-14/h5-7,15H,1-4H2,(H2,12,13). The Hall–Kier alpha value is -0.890. The van der Waals surface area contributed by atoms with E-state index in [4.69, 9.17) is 17.3 Å². The Balaban J connectivity index is 2.27. The van der Waals surface area contributed by atoms with Gasteiger partial charge in [-0.2, -0.15) is 4.31 Å². The number of halogens is 1. The van der Waals surface area contributed by atoms with Crippen LogP contribution in [0.4, 0.5) is 5.82 Å². The molecule has 1 aromatic rings. The minimum atomic E-state index is -3.60. The highest BCUT2D eigenvalue weighted by Gasteiger charge is 2.29. The smallest absolute Gasteiger partial charge is 0.244 e. The van der Waals surface area contributed by atoms with Crippen molar-refractivity contribution in [3.05, 3.63) is 17.3 Å². The van der Waals surface area contributed by atoms with E-state index < -0.39 is 16.1 Å². The van der Waals surface area contributed by atoms with Crippen LogP contribution in [0.25, 0.3) is 0 Å². The Morgan fingerprint density at radius 2 is 2.06 bits per heavy atom. The van der Waals surface area contributed by atoms with Crippen LogP contribution in [-0.4, -0.2) is 42.0 Å². The molecule has 0 bridgehead atoms. The molecule has 2 heterocycles. The predicted octanol–water partition coefficient (Wildman–Crippen LogP) is 0.463. The number of nitrogens with two attached hydrogens (primary N) is 1. The molecule has 0 unspecified atom stereocenters. The number of hydrogen-bond acceptors (Lipinski definition) is 5. The number of anilines is 1. The van der Waals surface area contributed by atoms with Gasteiger partial charge in [-0.15, -0.1) is 0 Å². The van der Waals surface area contributed by atoms with E-state index in [9.17, 15) is 13.5 Å². The fourth-order valence-corrected chi connectivity index (χ4v) is 3.48. The number of nitrogens with zero attached hydrogens (tertiary/aromatic N) is 2. The summed E-state index contributed by atoms with van der Waals surface area (Å²) in [6.07, 6.45) is 1.65. The molecule has 1 aliphatic heterocycles. The Kier molecular flexibility index (Phi) is 3.76. The number of aromatic nitrogens is 1. The van der Waals surface area contributed by atoms with Gasteiger partial charge in [-0.25, -0.2) is 13.4 Å². The average Bonchev–Trinajstić information content (AvgIpc) is 2.33. The molecule has 3 N–H and O–H groups in total. The monoisotopic (exact) mass is 291 g/mol. The summed E-state index contributed by atoms with van der Waals surface area (Å²) in [6.45, 7) is 0.594. The van der Waals surface area contributed by atoms with Gasteiger partial charge in [0.15, 0.2) is 0 Å². The number of nitrogen functional groups attached to an aromatic ring is 1. The molecule has 8 heteroatoms. The SMILES string of the molecule is Nc1ncc(S(=O)(=O)N2CCC(O)CC2)cc1Cl. The molecule has 18 heavy (non-hydrogen) atoms. The fourth-order valence-electron chi connectivity index (χ4n) is 1.80. The number of piperidine rings is 1. The van der Waals surface area contributed by atoms with E-state index in [2.05, 4.69) is 4.98 Å². The highest BCUT2D eigenvalue weighted by atomic mass is 35.5. The normalized spacial score (nSPS) is 19.0. The molecule has 0 aromatic carbocycles. The molecule has 1 aromatic heterocycles. The van der Waals surface area contributed by atoms with Crippen molar-refractivity contribution in [1.29, 1.82) is 0 Å². The lowest BCUT2D eigenvalue weighted by Crippen LogP contribution is -2.40. The van der Waals surface area contributed by atoms with Gasteiger partial charge in [-0.3, -0.25) is 0 Å². The van der Waals surface area contributed by atoms with Gasteiger partial charge < -0.3 is 10.8 Å². The first kappa shape index (κ1) is 13.5. The molecule has 0 saturated carbocycles. The summed E-state index contributed by atoms with van der Waals surface area (Å²) in [5.74, 6) is 0.102. The maximum Gasteiger partial charge on any atom is 0.244 e. The van der Waals surface area contributed by atoms with Crippen molar-refractivity contribution < 1.29 is 13.5 Å². The lowest BCUT2D eigenvalue weighted by molar-refractivity contribution is 0.113. The quantitative estimate of drug-likeness (QED) is 0.825. The lowest BCUT2D eigenvalue weighted by atomic mass is 10.1. The number of aliphatic hydroxyl groups excluding tert-OH is 1. The Morgan fingerprint density at radius 1 is 1.44 bits per heavy atom. The topological polar surface area (TPSA) is 96.5 Å². The van der Waals surface area contributed by atoms with Crippen LogP contribution in [0.1, 0.15) is 12.8 Å². The lowest BCUT2D eigenvalue weighted by Gasteiger charge is -2.28. The van der Waals surface area contributed by atoms with E-state index in [0.29, 0.717) is 25.9 Å². The highest BCUT2D eigenvalue weighted by molar-refractivity contribution is 7.89. The zero-order chi connectivity index (χ0) is 13.3. The Labute approximate surface area is 110 Å². The Bertz CT molecular complexity index is 541. The molecule has 0 radical (unpaired) electrons. The van der Waals surface area contributed by atoms with Crippen LogP contribution in [0, 0.1) is 0 Å². The average molecular weight is 292 g/mol. The van der Waals surface area contributed by atoms with Gasteiger partial charge in [0, 0.05) is 19.3 Å². The molecule has 1 aliphatic rings. The predicted molar refractivity (Wildman–Crippen MR) is 67.7 cm³/mol. The van der Waals surface area contributed by atoms with Crippen molar-refractivity contribution >= 4 is 27.4 Å². The van der Waals surface area contributed by atoms with Gasteiger partial charge in [-0.1, -0.05) is 11.6 Å². The number of sulfonamides is 1. The van der Waals surface area contributed by atoms with Gasteiger partial charge in [0.1, 0.15) is 10.7 Å². The maximum atomic E-state index is 12.3. The van der Waals surface area contributed by atoms with Crippen molar-refractivity contribution in [3.8, 4) is 0 Å². The second-order valence-electron chi connectivity index (χ2n) is 4.17. The van der Waals surface area contributed by atoms with Crippen LogP contribution >= 0.6 is 11.6 Å². The first-order chi connectivity index (χ1) is 8.41. The second-order valence-corrected chi connectivity index (χ2v) is 6.52. The van der Waals surface area contributed by atoms with E-state index in [0.717, 1.165) is 0 Å². The van der Waals surface area contributed by atoms with Crippen LogP contribution in [0.5, 0.6) is 0 Å². The third kappa shape index (κ3) is 2.59. The summed E-state index contributed by atoms with van der Waals surface area (Å²) in [5, 5.41) is 9.49. The summed E-state index contributed by atoms with van der Waals surface area (Å²) in [5.41, 5.74) is 5.44. The van der Waals surface area contributed by atoms with Crippen LogP contribution in [0.3, 0.4) is 0 Å². The van der Waals surface area contributed by atoms with E-state index in [1.165, 1.54) is 16.6 Å². The van der Waals surface area contributed by atoms with E-state index in [-0.39, 0.29) is 15.7 Å². The van der Waals surface area contributed by atoms with Crippen molar-refractivity contribution in [2.24, 2.45) is 0 Å². The number of aliphatic hydroxyl groups is 1. The molecule has 0 aliphatic carbocycles. The first-order valence-corrected chi connectivity index (χ1v) is 7.32. The van der Waals surface area contributed by atoms with Crippen molar-refractivity contribution in [1.82, 2.24) is 9.29 Å². The minimum absolute atomic E-state index is 0.0260. The van der Waals surface area contributed by atoms with Gasteiger partial charge in [0.05, 0.1) is 11.1 Å². The second kappa shape index (κ2) is 5.00. The van der Waals surface area contributed by atoms with Crippen LogP contribution < -0.4 is 5.73 Å². The molecule has 100 valence electrons. The minimum Gasteiger partial charge on any atom is -0.393 e. The summed E-state index contributed by atoms with van der Waals surface area (Å²) < 4.78 is 25.8. The molecule has 1 saturated heterocycles. The van der Waals surface area contributed by atoms with Crippen molar-refractivity contribution in [2.45, 2.75) is 23.8 Å². The summed E-state index contributed by atoms with van der Waals surface area (Å²) in [7, 11) is -3.60. The van der Waals surface area contributed by atoms with Crippen LogP contribution in [0.15, 0.2) is 17.2 Å². The zero-order valence-corrected chi connectivity index (χ0v) is 11.2. The molecule has 1 fully saturated rings. The fraction of sp³-hybridized carbons (Fsp3) is 0.500. The molecular formula is C10H14ClN3O3S. The maximum absolute atomic E-state index is 12.3. The summed E-state index contributed by atoms with van der Waals surface area (Å²) in [4.78, 5) is 3.77. The largest absolute Gasteiger partial charge is 0.393 e. The van der Waals surface area contributed by atoms with E-state index in [1.807, 2.05) is 0 Å². The van der Waals surface area contributed by atoms with Crippen LogP contribution in [0.2, 0.25) is 5.02 Å². The van der Waals surface area contributed by atoms with Gasteiger partial charge in [-0.05, 0) is 18.9 Å². The van der Waals surface area contributed by atoms with Crippen LogP contribution in [-0.2, 0) is 10.0 Å². The third-order valence-electron chi connectivity index (χ3n) is 2.91. The molecular weight excluding hydrogens is 278 g/mol. The molecule has 2 rings (SSSR count). The number of rotatable bonds is 2. The molecule has 0 spiro atoms. The van der Waals surface area contributed by atoms with E-state index in [1.54, 1.807) is 0 Å². The van der Waals surface area contributed by atoms with Gasteiger partial charge in [0.2, 0.25) is 10.0 Å². The number of pyridine rings is 1.